The number of nitrogens with one attached hydrogen (secondary N) is 1. The molecule has 0 aliphatic rings. The molecule has 0 radical (unpaired) electrons. The van der Waals surface area contributed by atoms with E-state index in [1.54, 1.807) is 30.3 Å². The Morgan fingerprint density at radius 2 is 1.85 bits per heavy atom. The Balaban J connectivity index is 1.82. The molecule has 1 amide bonds. The molecule has 2 aromatic carbocycles. The molecule has 0 spiro atoms. The third-order valence-corrected chi connectivity index (χ3v) is 3.85. The summed E-state index contributed by atoms with van der Waals surface area (Å²) in [7, 11) is 2.94. The van der Waals surface area contributed by atoms with Gasteiger partial charge in [-0.1, -0.05) is 16.8 Å². The van der Waals surface area contributed by atoms with Crippen molar-refractivity contribution >= 4 is 23.2 Å². The van der Waals surface area contributed by atoms with Gasteiger partial charge in [-0.25, -0.2) is 0 Å². The van der Waals surface area contributed by atoms with Gasteiger partial charge in [0.05, 0.1) is 19.9 Å². The zero-order valence-corrected chi connectivity index (χ0v) is 14.7. The molecule has 2 N–H and O–H groups in total. The molecule has 26 heavy (non-hydrogen) atoms. The standard InChI is InChI=1S/C18H15ClN2O5/c1-24-15-6-4-11(19)8-12(15)20-18(23)13-9-17(26-21-13)10-3-5-16(25-2)14(22)7-10/h3-9,22H,1-2H3,(H,20,23). The summed E-state index contributed by atoms with van der Waals surface area (Å²) in [4.78, 5) is 12.4. The summed E-state index contributed by atoms with van der Waals surface area (Å²) >= 11 is 5.95. The van der Waals surface area contributed by atoms with E-state index in [2.05, 4.69) is 10.5 Å². The first-order valence-corrected chi connectivity index (χ1v) is 7.88. The molecule has 134 valence electrons. The molecule has 0 bridgehead atoms. The molecule has 1 heterocycles. The molecule has 0 fully saturated rings. The second-order valence-electron chi connectivity index (χ2n) is 5.26. The normalized spacial score (nSPS) is 10.4. The summed E-state index contributed by atoms with van der Waals surface area (Å²) in [6, 6.07) is 11.1. The minimum absolute atomic E-state index is 0.0453. The van der Waals surface area contributed by atoms with E-state index >= 15 is 0 Å². The van der Waals surface area contributed by atoms with Crippen LogP contribution in [-0.4, -0.2) is 30.4 Å². The number of amides is 1. The Morgan fingerprint density at radius 3 is 2.54 bits per heavy atom. The summed E-state index contributed by atoms with van der Waals surface area (Å²) in [5.74, 6) is 0.589. The number of hydrogen-bond donors (Lipinski definition) is 2. The van der Waals surface area contributed by atoms with Crippen LogP contribution in [0.25, 0.3) is 11.3 Å². The Hall–Kier alpha value is -3.19. The molecular weight excluding hydrogens is 360 g/mol. The van der Waals surface area contributed by atoms with Crippen molar-refractivity contribution < 1.29 is 23.9 Å². The number of rotatable bonds is 5. The van der Waals surface area contributed by atoms with E-state index in [1.807, 2.05) is 0 Å². The van der Waals surface area contributed by atoms with Gasteiger partial charge in [0.2, 0.25) is 0 Å². The fourth-order valence-electron chi connectivity index (χ4n) is 2.33. The van der Waals surface area contributed by atoms with E-state index in [0.717, 1.165) is 0 Å². The van der Waals surface area contributed by atoms with E-state index in [-0.39, 0.29) is 11.4 Å². The highest BCUT2D eigenvalue weighted by Gasteiger charge is 2.17. The molecule has 7 nitrogen and oxygen atoms in total. The van der Waals surface area contributed by atoms with Crippen LogP contribution in [0.4, 0.5) is 5.69 Å². The van der Waals surface area contributed by atoms with Crippen molar-refractivity contribution in [3.8, 4) is 28.6 Å². The fraction of sp³-hybridized carbons (Fsp3) is 0.111. The number of ether oxygens (including phenoxy) is 2. The van der Waals surface area contributed by atoms with Gasteiger partial charge < -0.3 is 24.4 Å². The maximum Gasteiger partial charge on any atom is 0.277 e. The quantitative estimate of drug-likeness (QED) is 0.701. The number of benzene rings is 2. The highest BCUT2D eigenvalue weighted by molar-refractivity contribution is 6.31. The Labute approximate surface area is 154 Å². The Kier molecular flexibility index (Phi) is 4.99. The first-order valence-electron chi connectivity index (χ1n) is 7.51. The highest BCUT2D eigenvalue weighted by Crippen LogP contribution is 2.32. The lowest BCUT2D eigenvalue weighted by atomic mass is 10.1. The topological polar surface area (TPSA) is 93.8 Å². The molecular formula is C18H15ClN2O5. The van der Waals surface area contributed by atoms with Crippen molar-refractivity contribution in [3.63, 3.8) is 0 Å². The molecule has 0 aliphatic heterocycles. The zero-order chi connectivity index (χ0) is 18.7. The van der Waals surface area contributed by atoms with Crippen LogP contribution < -0.4 is 14.8 Å². The van der Waals surface area contributed by atoms with Crippen molar-refractivity contribution in [1.82, 2.24) is 5.16 Å². The second-order valence-corrected chi connectivity index (χ2v) is 5.70. The molecule has 3 aromatic rings. The molecule has 3 rings (SSSR count). The molecule has 0 atom stereocenters. The van der Waals surface area contributed by atoms with Crippen molar-refractivity contribution in [2.75, 3.05) is 19.5 Å². The largest absolute Gasteiger partial charge is 0.504 e. The molecule has 0 unspecified atom stereocenters. The lowest BCUT2D eigenvalue weighted by molar-refractivity contribution is 0.101. The van der Waals surface area contributed by atoms with Gasteiger partial charge in [-0.2, -0.15) is 0 Å². The van der Waals surface area contributed by atoms with Gasteiger partial charge in [0.25, 0.3) is 5.91 Å². The number of carbonyl (C=O) groups excluding carboxylic acids is 1. The summed E-state index contributed by atoms with van der Waals surface area (Å²) in [5.41, 5.74) is 1.03. The van der Waals surface area contributed by atoms with Crippen LogP contribution >= 0.6 is 11.6 Å². The molecule has 0 saturated heterocycles. The lowest BCUT2D eigenvalue weighted by Gasteiger charge is -2.09. The third kappa shape index (κ3) is 3.57. The monoisotopic (exact) mass is 374 g/mol. The van der Waals surface area contributed by atoms with Gasteiger partial charge in [0, 0.05) is 16.7 Å². The minimum Gasteiger partial charge on any atom is -0.504 e. The lowest BCUT2D eigenvalue weighted by Crippen LogP contribution is -2.12. The predicted molar refractivity (Wildman–Crippen MR) is 96.1 cm³/mol. The number of methoxy groups -OCH3 is 2. The average Bonchev–Trinajstić information content (AvgIpc) is 3.12. The summed E-state index contributed by atoms with van der Waals surface area (Å²) in [5, 5.41) is 16.7. The van der Waals surface area contributed by atoms with Crippen LogP contribution in [0.15, 0.2) is 47.0 Å². The zero-order valence-electron chi connectivity index (χ0n) is 13.9. The number of carbonyl (C=O) groups is 1. The van der Waals surface area contributed by atoms with Gasteiger partial charge >= 0.3 is 0 Å². The smallest absolute Gasteiger partial charge is 0.277 e. The molecule has 0 aliphatic carbocycles. The number of hydrogen-bond acceptors (Lipinski definition) is 6. The summed E-state index contributed by atoms with van der Waals surface area (Å²) < 4.78 is 15.4. The van der Waals surface area contributed by atoms with Crippen LogP contribution in [0.3, 0.4) is 0 Å². The van der Waals surface area contributed by atoms with Crippen LogP contribution in [0.5, 0.6) is 17.2 Å². The maximum atomic E-state index is 12.4. The highest BCUT2D eigenvalue weighted by atomic mass is 35.5. The van der Waals surface area contributed by atoms with E-state index in [9.17, 15) is 9.90 Å². The summed E-state index contributed by atoms with van der Waals surface area (Å²) in [6.07, 6.45) is 0. The SMILES string of the molecule is COc1ccc(-c2cc(C(=O)Nc3cc(Cl)ccc3OC)no2)cc1O. The van der Waals surface area contributed by atoms with E-state index < -0.39 is 5.91 Å². The van der Waals surface area contributed by atoms with Crippen molar-refractivity contribution in [2.45, 2.75) is 0 Å². The van der Waals surface area contributed by atoms with Gasteiger partial charge in [-0.05, 0) is 36.4 Å². The predicted octanol–water partition coefficient (Wildman–Crippen LogP) is 3.97. The third-order valence-electron chi connectivity index (χ3n) is 3.62. The van der Waals surface area contributed by atoms with Crippen molar-refractivity contribution in [3.05, 3.63) is 53.2 Å². The second kappa shape index (κ2) is 7.37. The minimum atomic E-state index is -0.488. The number of phenolic OH excluding ortho intramolecular Hbond substituents is 1. The first kappa shape index (κ1) is 17.6. The average molecular weight is 375 g/mol. The number of aromatic nitrogens is 1. The van der Waals surface area contributed by atoms with Gasteiger partial charge in [-0.3, -0.25) is 4.79 Å². The maximum absolute atomic E-state index is 12.4. The fourth-order valence-corrected chi connectivity index (χ4v) is 2.50. The number of halogens is 1. The van der Waals surface area contributed by atoms with Crippen LogP contribution in [-0.2, 0) is 0 Å². The van der Waals surface area contributed by atoms with Gasteiger partial charge in [-0.15, -0.1) is 0 Å². The number of phenols is 1. The number of anilines is 1. The Bertz CT molecular complexity index is 955. The number of aromatic hydroxyl groups is 1. The van der Waals surface area contributed by atoms with E-state index in [0.29, 0.717) is 33.5 Å². The first-order chi connectivity index (χ1) is 12.5. The van der Waals surface area contributed by atoms with Crippen LogP contribution in [0.2, 0.25) is 5.02 Å². The Morgan fingerprint density at radius 1 is 1.12 bits per heavy atom. The van der Waals surface area contributed by atoms with Gasteiger partial charge in [0.15, 0.2) is 23.0 Å². The summed E-state index contributed by atoms with van der Waals surface area (Å²) in [6.45, 7) is 0. The molecule has 8 heteroatoms. The van der Waals surface area contributed by atoms with Gasteiger partial charge in [0.1, 0.15) is 5.75 Å². The van der Waals surface area contributed by atoms with Crippen molar-refractivity contribution in [1.29, 1.82) is 0 Å². The van der Waals surface area contributed by atoms with E-state index in [4.69, 9.17) is 25.6 Å². The molecule has 1 aromatic heterocycles. The van der Waals surface area contributed by atoms with Crippen LogP contribution in [0.1, 0.15) is 10.5 Å². The van der Waals surface area contributed by atoms with Crippen molar-refractivity contribution in [2.24, 2.45) is 0 Å². The molecule has 0 saturated carbocycles. The van der Waals surface area contributed by atoms with Crippen LogP contribution in [0, 0.1) is 0 Å². The number of nitrogens with zero attached hydrogens (tertiary/aromatic N) is 1. The van der Waals surface area contributed by atoms with E-state index in [1.165, 1.54) is 26.4 Å².